The number of rotatable bonds is 5. The van der Waals surface area contributed by atoms with Crippen LogP contribution in [0.5, 0.6) is 5.75 Å². The van der Waals surface area contributed by atoms with Gasteiger partial charge in [0.05, 0.1) is 6.61 Å². The van der Waals surface area contributed by atoms with Crippen molar-refractivity contribution in [3.63, 3.8) is 0 Å². The van der Waals surface area contributed by atoms with E-state index in [-0.39, 0.29) is 5.91 Å². The number of nitrogens with zero attached hydrogens (tertiary/aromatic N) is 1. The van der Waals surface area contributed by atoms with Crippen molar-refractivity contribution >= 4 is 11.8 Å². The molecule has 1 fully saturated rings. The van der Waals surface area contributed by atoms with E-state index >= 15 is 0 Å². The summed E-state index contributed by atoms with van der Waals surface area (Å²) in [5.74, 6) is -0.0235. The Kier molecular flexibility index (Phi) is 5.16. The van der Waals surface area contributed by atoms with Crippen LogP contribution in [0.4, 0.5) is 0 Å². The molecule has 1 aromatic rings. The third-order valence-electron chi connectivity index (χ3n) is 3.39. The molecule has 2 rings (SSSR count). The van der Waals surface area contributed by atoms with Crippen LogP contribution in [-0.2, 0) is 4.79 Å². The van der Waals surface area contributed by atoms with E-state index in [1.54, 1.807) is 18.2 Å². The Hall–Kier alpha value is -2.08. The first-order chi connectivity index (χ1) is 10.1. The Balaban J connectivity index is 2.16. The van der Waals surface area contributed by atoms with Gasteiger partial charge in [-0.1, -0.05) is 13.0 Å². The summed E-state index contributed by atoms with van der Waals surface area (Å²) in [6.45, 7) is 4.14. The van der Waals surface area contributed by atoms with Gasteiger partial charge >= 0.3 is 0 Å². The van der Waals surface area contributed by atoms with Crippen molar-refractivity contribution in [2.75, 3.05) is 26.2 Å². The molecule has 0 spiro atoms. The van der Waals surface area contributed by atoms with Gasteiger partial charge in [0.15, 0.2) is 0 Å². The van der Waals surface area contributed by atoms with Crippen molar-refractivity contribution in [3.8, 4) is 5.75 Å². The minimum atomic E-state index is -0.605. The van der Waals surface area contributed by atoms with E-state index in [0.29, 0.717) is 37.6 Å². The summed E-state index contributed by atoms with van der Waals surface area (Å²) in [5.41, 5.74) is 5.88. The van der Waals surface area contributed by atoms with Gasteiger partial charge in [0.2, 0.25) is 5.91 Å². The first-order valence-corrected chi connectivity index (χ1v) is 7.17. The molecule has 0 aliphatic carbocycles. The number of benzene rings is 1. The number of piperazine rings is 1. The topological polar surface area (TPSA) is 84.7 Å². The van der Waals surface area contributed by atoms with E-state index in [4.69, 9.17) is 10.5 Å². The highest BCUT2D eigenvalue weighted by atomic mass is 16.5. The van der Waals surface area contributed by atoms with E-state index in [9.17, 15) is 9.59 Å². The number of ether oxygens (including phenoxy) is 1. The molecule has 21 heavy (non-hydrogen) atoms. The second kappa shape index (κ2) is 7.08. The standard InChI is InChI=1S/C15H21N3O3/c1-2-8-21-12-5-3-4-11(9-12)15(20)18-7-6-17-10-13(18)14(16)19/h3-5,9,13,17H,2,6-8,10H2,1H3,(H2,16,19). The molecular formula is C15H21N3O3. The van der Waals surface area contributed by atoms with Gasteiger partial charge in [-0.05, 0) is 24.6 Å². The molecule has 1 saturated heterocycles. The van der Waals surface area contributed by atoms with Gasteiger partial charge in [0, 0.05) is 25.2 Å². The molecule has 2 amide bonds. The molecule has 0 saturated carbocycles. The molecule has 1 aliphatic rings. The second-order valence-corrected chi connectivity index (χ2v) is 5.00. The number of nitrogens with one attached hydrogen (secondary N) is 1. The maximum atomic E-state index is 12.6. The van der Waals surface area contributed by atoms with E-state index in [0.717, 1.165) is 6.42 Å². The van der Waals surface area contributed by atoms with Crippen molar-refractivity contribution in [1.82, 2.24) is 10.2 Å². The van der Waals surface area contributed by atoms with Crippen molar-refractivity contribution < 1.29 is 14.3 Å². The highest BCUT2D eigenvalue weighted by molar-refractivity contribution is 5.97. The molecule has 3 N–H and O–H groups in total. The van der Waals surface area contributed by atoms with Gasteiger partial charge in [-0.25, -0.2) is 0 Å². The smallest absolute Gasteiger partial charge is 0.254 e. The predicted octanol–water partition coefficient (Wildman–Crippen LogP) is 0.375. The lowest BCUT2D eigenvalue weighted by Gasteiger charge is -2.34. The van der Waals surface area contributed by atoms with Crippen LogP contribution in [0.3, 0.4) is 0 Å². The van der Waals surface area contributed by atoms with Gasteiger partial charge < -0.3 is 20.7 Å². The lowest BCUT2D eigenvalue weighted by molar-refractivity contribution is -0.122. The van der Waals surface area contributed by atoms with Crippen LogP contribution >= 0.6 is 0 Å². The third kappa shape index (κ3) is 3.72. The fraction of sp³-hybridized carbons (Fsp3) is 0.467. The SMILES string of the molecule is CCCOc1cccc(C(=O)N2CCNCC2C(N)=O)c1. The normalized spacial score (nSPS) is 18.3. The lowest BCUT2D eigenvalue weighted by atomic mass is 10.1. The summed E-state index contributed by atoms with van der Waals surface area (Å²) in [4.78, 5) is 25.6. The molecule has 1 heterocycles. The molecule has 1 unspecified atom stereocenters. The van der Waals surface area contributed by atoms with Crippen molar-refractivity contribution in [1.29, 1.82) is 0 Å². The van der Waals surface area contributed by atoms with Crippen LogP contribution in [0.25, 0.3) is 0 Å². The number of amides is 2. The summed E-state index contributed by atoms with van der Waals surface area (Å²) in [6, 6.07) is 6.42. The number of carbonyl (C=O) groups is 2. The Morgan fingerprint density at radius 3 is 3.00 bits per heavy atom. The minimum Gasteiger partial charge on any atom is -0.494 e. The Morgan fingerprint density at radius 1 is 1.48 bits per heavy atom. The van der Waals surface area contributed by atoms with Gasteiger partial charge in [0.1, 0.15) is 11.8 Å². The van der Waals surface area contributed by atoms with Crippen LogP contribution < -0.4 is 15.8 Å². The zero-order valence-electron chi connectivity index (χ0n) is 12.2. The molecule has 1 atom stereocenters. The summed E-state index contributed by atoms with van der Waals surface area (Å²) in [7, 11) is 0. The van der Waals surface area contributed by atoms with E-state index in [1.165, 1.54) is 4.90 Å². The van der Waals surface area contributed by atoms with E-state index < -0.39 is 11.9 Å². The fourth-order valence-corrected chi connectivity index (χ4v) is 2.31. The third-order valence-corrected chi connectivity index (χ3v) is 3.39. The highest BCUT2D eigenvalue weighted by Crippen LogP contribution is 2.17. The van der Waals surface area contributed by atoms with E-state index in [2.05, 4.69) is 5.32 Å². The first kappa shape index (κ1) is 15.3. The molecule has 1 aliphatic heterocycles. The van der Waals surface area contributed by atoms with E-state index in [1.807, 2.05) is 13.0 Å². The fourth-order valence-electron chi connectivity index (χ4n) is 2.31. The molecular weight excluding hydrogens is 270 g/mol. The number of carbonyl (C=O) groups excluding carboxylic acids is 2. The van der Waals surface area contributed by atoms with Crippen molar-refractivity contribution in [2.45, 2.75) is 19.4 Å². The Bertz CT molecular complexity index is 519. The predicted molar refractivity (Wildman–Crippen MR) is 79.1 cm³/mol. The summed E-state index contributed by atoms with van der Waals surface area (Å²) >= 11 is 0. The monoisotopic (exact) mass is 291 g/mol. The molecule has 1 aromatic carbocycles. The second-order valence-electron chi connectivity index (χ2n) is 5.00. The van der Waals surface area contributed by atoms with Gasteiger partial charge in [0.25, 0.3) is 5.91 Å². The molecule has 0 radical (unpaired) electrons. The Morgan fingerprint density at radius 2 is 2.29 bits per heavy atom. The summed E-state index contributed by atoms with van der Waals surface area (Å²) in [6.07, 6.45) is 0.902. The largest absolute Gasteiger partial charge is 0.494 e. The Labute approximate surface area is 124 Å². The quantitative estimate of drug-likeness (QED) is 0.821. The highest BCUT2D eigenvalue weighted by Gasteiger charge is 2.31. The first-order valence-electron chi connectivity index (χ1n) is 7.17. The minimum absolute atomic E-state index is 0.192. The summed E-state index contributed by atoms with van der Waals surface area (Å²) in [5, 5.41) is 3.07. The van der Waals surface area contributed by atoms with Crippen molar-refractivity contribution in [3.05, 3.63) is 29.8 Å². The summed E-state index contributed by atoms with van der Waals surface area (Å²) < 4.78 is 5.53. The average molecular weight is 291 g/mol. The van der Waals surface area contributed by atoms with Crippen LogP contribution in [-0.4, -0.2) is 49.0 Å². The number of hydrogen-bond acceptors (Lipinski definition) is 4. The molecule has 0 aromatic heterocycles. The van der Waals surface area contributed by atoms with Gasteiger partial charge in [-0.2, -0.15) is 0 Å². The zero-order valence-corrected chi connectivity index (χ0v) is 12.2. The van der Waals surface area contributed by atoms with Gasteiger partial charge in [-0.15, -0.1) is 0 Å². The molecule has 6 nitrogen and oxygen atoms in total. The number of primary amides is 1. The van der Waals surface area contributed by atoms with Crippen LogP contribution in [0.15, 0.2) is 24.3 Å². The maximum absolute atomic E-state index is 12.6. The van der Waals surface area contributed by atoms with Crippen LogP contribution in [0.2, 0.25) is 0 Å². The van der Waals surface area contributed by atoms with Gasteiger partial charge in [-0.3, -0.25) is 9.59 Å². The molecule has 0 bridgehead atoms. The molecule has 114 valence electrons. The van der Waals surface area contributed by atoms with Crippen LogP contribution in [0, 0.1) is 0 Å². The zero-order chi connectivity index (χ0) is 15.2. The number of nitrogens with two attached hydrogens (primary N) is 1. The average Bonchev–Trinajstić information content (AvgIpc) is 2.52. The maximum Gasteiger partial charge on any atom is 0.254 e. The van der Waals surface area contributed by atoms with Crippen molar-refractivity contribution in [2.24, 2.45) is 5.73 Å². The van der Waals surface area contributed by atoms with Crippen LogP contribution in [0.1, 0.15) is 23.7 Å². The number of hydrogen-bond donors (Lipinski definition) is 2. The molecule has 6 heteroatoms. The lowest BCUT2D eigenvalue weighted by Crippen LogP contribution is -2.58.